The van der Waals surface area contributed by atoms with Crippen molar-refractivity contribution in [3.8, 4) is 0 Å². The number of benzene rings is 1. The summed E-state index contributed by atoms with van der Waals surface area (Å²) in [5, 5.41) is 0. The maximum absolute atomic E-state index is 5.26. The number of aromatic nitrogens is 1. The van der Waals surface area contributed by atoms with Gasteiger partial charge in [0.05, 0.1) is 0 Å². The van der Waals surface area contributed by atoms with E-state index in [4.69, 9.17) is 4.98 Å². The molecule has 0 saturated carbocycles. The van der Waals surface area contributed by atoms with Gasteiger partial charge in [0.2, 0.25) is 0 Å². The van der Waals surface area contributed by atoms with E-state index in [1.807, 2.05) is 6.20 Å². The molecular formula is C26H52N4Si4Sn. The van der Waals surface area contributed by atoms with Crippen LogP contribution in [0.1, 0.15) is 16.7 Å². The van der Waals surface area contributed by atoms with Crippen LogP contribution in [0.4, 0.5) is 5.69 Å². The summed E-state index contributed by atoms with van der Waals surface area (Å²) in [5.41, 5.74) is 5.40. The molecule has 0 bridgehead atoms. The van der Waals surface area contributed by atoms with Crippen LogP contribution < -0.4 is 7.25 Å². The van der Waals surface area contributed by atoms with Crippen molar-refractivity contribution < 1.29 is 0 Å². The fraction of sp³-hybridized carbons (Fsp3) is 0.577. The van der Waals surface area contributed by atoms with E-state index in [1.165, 1.54) is 26.1 Å². The third-order valence-electron chi connectivity index (χ3n) is 6.33. The summed E-state index contributed by atoms with van der Waals surface area (Å²) in [4.78, 5) is 5.26. The Morgan fingerprint density at radius 2 is 1.06 bits per heavy atom. The fourth-order valence-corrected chi connectivity index (χ4v) is 76.4. The third-order valence-corrected chi connectivity index (χ3v) is 59.7. The summed E-state index contributed by atoms with van der Waals surface area (Å²) in [6, 6.07) is 11.4. The monoisotopic (exact) mass is 652 g/mol. The van der Waals surface area contributed by atoms with Crippen molar-refractivity contribution in [2.75, 3.05) is 3.54 Å². The minimum atomic E-state index is -3.89. The van der Waals surface area contributed by atoms with Crippen molar-refractivity contribution >= 4 is 61.5 Å². The second kappa shape index (κ2) is 10.5. The molecule has 0 aliphatic rings. The average molecular weight is 652 g/mol. The number of anilines is 1. The molecule has 0 radical (unpaired) electrons. The van der Waals surface area contributed by atoms with Crippen molar-refractivity contribution in [2.24, 2.45) is 0 Å². The first kappa shape index (κ1) is 31.0. The summed E-state index contributed by atoms with van der Waals surface area (Å²) in [7, 11) is -7.09. The van der Waals surface area contributed by atoms with Crippen LogP contribution in [-0.4, -0.2) is 62.0 Å². The molecule has 35 heavy (non-hydrogen) atoms. The molecule has 1 heterocycles. The van der Waals surface area contributed by atoms with Crippen LogP contribution in [0.25, 0.3) is 0 Å². The maximum atomic E-state index is 5.26. The minimum absolute atomic E-state index is 1.34. The Bertz CT molecular complexity index is 936. The van der Waals surface area contributed by atoms with Crippen LogP contribution >= 0.6 is 0 Å². The number of nitrogens with zero attached hydrogens (tertiary/aromatic N) is 3. The van der Waals surface area contributed by atoms with E-state index in [-0.39, 0.29) is 0 Å². The standard InChI is InChI=1S/C9H12N.2C6H18NSi2.C5H4N.Sn/c1-6-4-7(2)9(10)8(3)5-6;2*1-8(2,3)7-9(4,5)6;1-2-4-6-5-3-1;/h4-5,10H,1-3H3;2*1-6H3;1-4H;/q3*-1;;+3. The number of aryl methyl sites for hydroxylation is 3. The van der Waals surface area contributed by atoms with Crippen molar-refractivity contribution in [1.82, 2.24) is 9.89 Å². The van der Waals surface area contributed by atoms with Gasteiger partial charge in [-0.25, -0.2) is 0 Å². The van der Waals surface area contributed by atoms with Crippen molar-refractivity contribution in [3.63, 3.8) is 0 Å². The van der Waals surface area contributed by atoms with Crippen molar-refractivity contribution in [2.45, 2.75) is 99.3 Å². The Kier molecular flexibility index (Phi) is 9.29. The molecule has 9 heteroatoms. The van der Waals surface area contributed by atoms with E-state index in [0.717, 1.165) is 0 Å². The van der Waals surface area contributed by atoms with E-state index in [9.17, 15) is 0 Å². The third kappa shape index (κ3) is 6.80. The molecule has 0 amide bonds. The SMILES string of the molecule is Cc1cc(C)c([NH][Sn]([c]2ccccn2)([N]([Si](C)(C)C)[Si](C)(C)C)[N]([Si](C)(C)C)[Si](C)(C)C)c(C)c1. The predicted octanol–water partition coefficient (Wildman–Crippen LogP) is 7.21. The Morgan fingerprint density at radius 1 is 0.657 bits per heavy atom. The van der Waals surface area contributed by atoms with Gasteiger partial charge in [-0.1, -0.05) is 0 Å². The molecule has 2 aromatic rings. The fourth-order valence-electron chi connectivity index (χ4n) is 6.58. The van der Waals surface area contributed by atoms with Crippen LogP contribution in [0, 0.1) is 20.8 Å². The zero-order valence-electron chi connectivity index (χ0n) is 25.3. The molecule has 1 aromatic heterocycles. The Hall–Kier alpha value is -0.244. The van der Waals surface area contributed by atoms with Crippen molar-refractivity contribution in [3.05, 3.63) is 53.2 Å². The molecule has 0 fully saturated rings. The number of hydrogen-bond acceptors (Lipinski definition) is 4. The number of nitrogens with one attached hydrogen (secondary N) is 1. The van der Waals surface area contributed by atoms with E-state index < -0.39 is 52.1 Å². The summed E-state index contributed by atoms with van der Waals surface area (Å²) in [6.07, 6.45) is 2.04. The predicted molar refractivity (Wildman–Crippen MR) is 171 cm³/mol. The quantitative estimate of drug-likeness (QED) is 0.291. The van der Waals surface area contributed by atoms with E-state index in [2.05, 4.69) is 138 Å². The molecule has 0 spiro atoms. The average Bonchev–Trinajstić information content (AvgIpc) is 2.60. The van der Waals surface area contributed by atoms with E-state index in [1.54, 1.807) is 0 Å². The van der Waals surface area contributed by atoms with Gasteiger partial charge in [-0.05, 0) is 0 Å². The van der Waals surface area contributed by atoms with E-state index >= 15 is 0 Å². The van der Waals surface area contributed by atoms with Gasteiger partial charge in [0.15, 0.2) is 0 Å². The number of hydrogen-bond donors (Lipinski definition) is 1. The molecule has 0 aliphatic carbocycles. The first-order valence-corrected chi connectivity index (χ1v) is 32.2. The Labute approximate surface area is 226 Å². The van der Waals surface area contributed by atoms with Crippen LogP contribution in [0.15, 0.2) is 36.5 Å². The number of pyridine rings is 1. The summed E-state index contributed by atoms with van der Waals surface area (Å²) < 4.78 is 12.3. The summed E-state index contributed by atoms with van der Waals surface area (Å²) in [6.45, 7) is 37.7. The molecule has 0 saturated heterocycles. The van der Waals surface area contributed by atoms with Gasteiger partial charge >= 0.3 is 228 Å². The first-order valence-electron chi connectivity index (χ1n) is 13.0. The van der Waals surface area contributed by atoms with Crippen LogP contribution in [0.5, 0.6) is 0 Å². The van der Waals surface area contributed by atoms with Gasteiger partial charge in [0, 0.05) is 0 Å². The molecule has 1 N–H and O–H groups in total. The molecule has 1 aromatic carbocycles. The normalized spacial score (nSPS) is 14.1. The summed E-state index contributed by atoms with van der Waals surface area (Å²) in [5.74, 6) is 0. The van der Waals surface area contributed by atoms with Crippen LogP contribution in [-0.2, 0) is 0 Å². The van der Waals surface area contributed by atoms with Crippen LogP contribution in [0.2, 0.25) is 78.6 Å². The molecule has 196 valence electrons. The first-order chi connectivity index (χ1) is 15.6. The van der Waals surface area contributed by atoms with Gasteiger partial charge in [0.25, 0.3) is 0 Å². The van der Waals surface area contributed by atoms with E-state index in [0.29, 0.717) is 0 Å². The van der Waals surface area contributed by atoms with Gasteiger partial charge in [-0.15, -0.1) is 0 Å². The topological polar surface area (TPSA) is 31.4 Å². The molecule has 0 aliphatic heterocycles. The van der Waals surface area contributed by atoms with Crippen molar-refractivity contribution in [1.29, 1.82) is 0 Å². The molecular weight excluding hydrogens is 599 g/mol. The zero-order valence-corrected chi connectivity index (χ0v) is 32.2. The van der Waals surface area contributed by atoms with Gasteiger partial charge in [0.1, 0.15) is 0 Å². The van der Waals surface area contributed by atoms with Gasteiger partial charge in [-0.3, -0.25) is 0 Å². The molecule has 0 unspecified atom stereocenters. The zero-order chi connectivity index (χ0) is 27.2. The second-order valence-corrected chi connectivity index (χ2v) is 47.9. The van der Waals surface area contributed by atoms with Crippen LogP contribution in [0.3, 0.4) is 0 Å². The number of rotatable bonds is 9. The van der Waals surface area contributed by atoms with Gasteiger partial charge < -0.3 is 0 Å². The summed E-state index contributed by atoms with van der Waals surface area (Å²) >= 11 is -3.89. The molecule has 0 atom stereocenters. The van der Waals surface area contributed by atoms with Gasteiger partial charge in [-0.2, -0.15) is 0 Å². The molecule has 4 nitrogen and oxygen atoms in total. The molecule has 2 rings (SSSR count). The second-order valence-electron chi connectivity index (χ2n) is 14.1. The Morgan fingerprint density at radius 3 is 1.37 bits per heavy atom. The Balaban J connectivity index is 3.20.